The zero-order valence-corrected chi connectivity index (χ0v) is 15.3. The molecule has 144 valence electrons. The average molecular weight is 384 g/mol. The van der Waals surface area contributed by atoms with Crippen molar-refractivity contribution in [3.8, 4) is 5.75 Å². The number of aromatic nitrogens is 6. The number of rotatable bonds is 4. The number of nitrogens with zero attached hydrogens (tertiary/aromatic N) is 6. The van der Waals surface area contributed by atoms with Crippen LogP contribution in [0.4, 0.5) is 10.2 Å². The van der Waals surface area contributed by atoms with Gasteiger partial charge in [0, 0.05) is 26.2 Å². The predicted octanol–water partition coefficient (Wildman–Crippen LogP) is 1.28. The molecule has 0 saturated carbocycles. The van der Waals surface area contributed by atoms with Crippen molar-refractivity contribution < 1.29 is 9.50 Å². The van der Waals surface area contributed by atoms with Crippen molar-refractivity contribution in [3.05, 3.63) is 46.8 Å². The Morgan fingerprint density at radius 2 is 2.07 bits per heavy atom. The fourth-order valence-corrected chi connectivity index (χ4v) is 3.07. The highest BCUT2D eigenvalue weighted by Crippen LogP contribution is 2.24. The largest absolute Gasteiger partial charge is 0.508 e. The van der Waals surface area contributed by atoms with Gasteiger partial charge in [-0.25, -0.2) is 29.0 Å². The fraction of sp³-hybridized carbons (Fsp3) is 0.235. The first-order valence-electron chi connectivity index (χ1n) is 8.40. The maximum Gasteiger partial charge on any atom is 0.283 e. The van der Waals surface area contributed by atoms with Gasteiger partial charge in [0.2, 0.25) is 0 Å². The Hall–Kier alpha value is -3.76. The monoisotopic (exact) mass is 384 g/mol. The van der Waals surface area contributed by atoms with E-state index >= 15 is 0 Å². The molecule has 0 radical (unpaired) electrons. The topological polar surface area (TPSA) is 125 Å². The van der Waals surface area contributed by atoms with Crippen LogP contribution in [0.15, 0.2) is 29.6 Å². The minimum atomic E-state index is -0.828. The molecule has 11 heteroatoms. The maximum absolute atomic E-state index is 14.3. The van der Waals surface area contributed by atoms with E-state index in [4.69, 9.17) is 0 Å². The summed E-state index contributed by atoms with van der Waals surface area (Å²) in [4.78, 5) is 32.7. The number of nitrogens with one attached hydrogen (secondary N) is 2. The molecule has 3 aromatic heterocycles. The maximum atomic E-state index is 14.3. The molecule has 0 fully saturated rings. The number of fused-ring (bicyclic) bond motifs is 2. The lowest BCUT2D eigenvalue weighted by molar-refractivity contribution is 0.470. The molecule has 0 aliphatic rings. The van der Waals surface area contributed by atoms with Crippen molar-refractivity contribution in [3.63, 3.8) is 0 Å². The van der Waals surface area contributed by atoms with Gasteiger partial charge in [0.1, 0.15) is 28.8 Å². The number of H-pyrrole nitrogens is 1. The lowest BCUT2D eigenvalue weighted by Gasteiger charge is -2.24. The molecule has 0 spiro atoms. The molecule has 4 rings (SSSR count). The van der Waals surface area contributed by atoms with Gasteiger partial charge in [-0.15, -0.1) is 0 Å². The van der Waals surface area contributed by atoms with Crippen LogP contribution in [0.2, 0.25) is 0 Å². The number of anilines is 1. The molecular weight excluding hydrogens is 367 g/mol. The number of halogens is 1. The van der Waals surface area contributed by atoms with Crippen LogP contribution >= 0.6 is 0 Å². The Labute approximate surface area is 157 Å². The van der Waals surface area contributed by atoms with E-state index in [1.54, 1.807) is 21.0 Å². The molecule has 0 bridgehead atoms. The standard InChI is InChI=1S/C17H17FN8O2/c1-8(23-15-13-14(20-6-19-13)21-7-22-15)16-24-11-5-9(27)4-10(18)12(11)17(28)26(16)25(2)3/h4-8,27H,1-3H3,(H2,19,20,21,22,23). The molecule has 1 unspecified atom stereocenters. The summed E-state index contributed by atoms with van der Waals surface area (Å²) in [6.45, 7) is 1.79. The van der Waals surface area contributed by atoms with Crippen LogP contribution in [0, 0.1) is 5.82 Å². The SMILES string of the molecule is CC(Nc1ncnc2nc[nH]c12)c1nc2cc(O)cc(F)c2c(=O)n1N(C)C. The van der Waals surface area contributed by atoms with Gasteiger partial charge < -0.3 is 20.4 Å². The summed E-state index contributed by atoms with van der Waals surface area (Å²) >= 11 is 0. The molecule has 4 aromatic rings. The molecular formula is C17H17FN8O2. The van der Waals surface area contributed by atoms with E-state index in [1.165, 1.54) is 28.4 Å². The molecule has 1 aromatic carbocycles. The van der Waals surface area contributed by atoms with Crippen LogP contribution in [0.1, 0.15) is 18.8 Å². The Morgan fingerprint density at radius 3 is 2.82 bits per heavy atom. The molecule has 0 aliphatic heterocycles. The van der Waals surface area contributed by atoms with Gasteiger partial charge >= 0.3 is 0 Å². The Morgan fingerprint density at radius 1 is 1.29 bits per heavy atom. The van der Waals surface area contributed by atoms with Crippen molar-refractivity contribution in [1.29, 1.82) is 0 Å². The molecule has 10 nitrogen and oxygen atoms in total. The third kappa shape index (κ3) is 2.76. The van der Waals surface area contributed by atoms with Crippen LogP contribution in [0.5, 0.6) is 5.75 Å². The summed E-state index contributed by atoms with van der Waals surface area (Å²) in [6.07, 6.45) is 2.88. The normalized spacial score (nSPS) is 12.4. The molecule has 0 aliphatic carbocycles. The summed E-state index contributed by atoms with van der Waals surface area (Å²) < 4.78 is 15.6. The highest BCUT2D eigenvalue weighted by Gasteiger charge is 2.21. The van der Waals surface area contributed by atoms with E-state index in [-0.39, 0.29) is 16.7 Å². The van der Waals surface area contributed by atoms with Crippen molar-refractivity contribution in [2.45, 2.75) is 13.0 Å². The summed E-state index contributed by atoms with van der Waals surface area (Å²) in [5, 5.41) is 14.2. The van der Waals surface area contributed by atoms with E-state index in [2.05, 4.69) is 30.2 Å². The van der Waals surface area contributed by atoms with Gasteiger partial charge in [0.15, 0.2) is 17.3 Å². The van der Waals surface area contributed by atoms with E-state index in [9.17, 15) is 14.3 Å². The number of aromatic hydroxyl groups is 1. The quantitative estimate of drug-likeness (QED) is 0.481. The van der Waals surface area contributed by atoms with Crippen molar-refractivity contribution in [1.82, 2.24) is 29.6 Å². The first-order valence-corrected chi connectivity index (χ1v) is 8.40. The van der Waals surface area contributed by atoms with E-state index in [1.807, 2.05) is 0 Å². The average Bonchev–Trinajstić information content (AvgIpc) is 3.10. The van der Waals surface area contributed by atoms with Crippen molar-refractivity contribution in [2.24, 2.45) is 0 Å². The lowest BCUT2D eigenvalue weighted by Crippen LogP contribution is -2.40. The number of aromatic amines is 1. The van der Waals surface area contributed by atoms with Crippen molar-refractivity contribution >= 4 is 27.9 Å². The van der Waals surface area contributed by atoms with Gasteiger partial charge in [-0.2, -0.15) is 0 Å². The Balaban J connectivity index is 1.88. The van der Waals surface area contributed by atoms with Crippen LogP contribution in [-0.2, 0) is 0 Å². The predicted molar refractivity (Wildman–Crippen MR) is 101 cm³/mol. The number of hydrogen-bond donors (Lipinski definition) is 3. The highest BCUT2D eigenvalue weighted by atomic mass is 19.1. The first-order chi connectivity index (χ1) is 13.4. The minimum Gasteiger partial charge on any atom is -0.508 e. The third-order valence-electron chi connectivity index (χ3n) is 4.28. The second-order valence-electron chi connectivity index (χ2n) is 6.45. The fourth-order valence-electron chi connectivity index (χ4n) is 3.07. The number of benzene rings is 1. The van der Waals surface area contributed by atoms with E-state index in [0.29, 0.717) is 22.8 Å². The third-order valence-corrected chi connectivity index (χ3v) is 4.28. The summed E-state index contributed by atoms with van der Waals surface area (Å²) in [5.74, 6) is -0.332. The van der Waals surface area contributed by atoms with Crippen molar-refractivity contribution in [2.75, 3.05) is 24.4 Å². The summed E-state index contributed by atoms with van der Waals surface area (Å²) in [6, 6.07) is 1.66. The molecule has 3 heterocycles. The zero-order valence-electron chi connectivity index (χ0n) is 15.3. The van der Waals surface area contributed by atoms with Gasteiger partial charge in [-0.1, -0.05) is 0 Å². The molecule has 1 atom stereocenters. The molecule has 0 saturated heterocycles. The zero-order chi connectivity index (χ0) is 20.0. The summed E-state index contributed by atoms with van der Waals surface area (Å²) in [7, 11) is 3.31. The smallest absolute Gasteiger partial charge is 0.283 e. The van der Waals surface area contributed by atoms with Gasteiger partial charge in [-0.05, 0) is 6.92 Å². The molecule has 0 amide bonds. The van der Waals surface area contributed by atoms with Crippen LogP contribution in [0.25, 0.3) is 22.1 Å². The van der Waals surface area contributed by atoms with E-state index in [0.717, 1.165) is 6.07 Å². The number of phenolic OH excluding ortho intramolecular Hbond substituents is 1. The van der Waals surface area contributed by atoms with Crippen LogP contribution in [-0.4, -0.2) is 48.8 Å². The number of imidazole rings is 1. The highest BCUT2D eigenvalue weighted by molar-refractivity contribution is 5.82. The lowest BCUT2D eigenvalue weighted by atomic mass is 10.2. The Bertz CT molecular complexity index is 1250. The second-order valence-corrected chi connectivity index (χ2v) is 6.45. The van der Waals surface area contributed by atoms with Crippen LogP contribution in [0.3, 0.4) is 0 Å². The number of phenols is 1. The van der Waals surface area contributed by atoms with E-state index < -0.39 is 17.4 Å². The second kappa shape index (κ2) is 6.44. The van der Waals surface area contributed by atoms with Gasteiger partial charge in [-0.3, -0.25) is 4.79 Å². The van der Waals surface area contributed by atoms with Gasteiger partial charge in [0.25, 0.3) is 5.56 Å². The first kappa shape index (κ1) is 17.6. The van der Waals surface area contributed by atoms with Gasteiger partial charge in [0.05, 0.1) is 17.9 Å². The Kier molecular flexibility index (Phi) is 4.06. The number of hydrogen-bond acceptors (Lipinski definition) is 8. The molecule has 28 heavy (non-hydrogen) atoms. The molecule has 3 N–H and O–H groups in total. The van der Waals surface area contributed by atoms with Crippen LogP contribution < -0.4 is 15.9 Å². The minimum absolute atomic E-state index is 0.0682. The summed E-state index contributed by atoms with van der Waals surface area (Å²) in [5.41, 5.74) is 0.592.